The first-order chi connectivity index (χ1) is 6.65. The van der Waals surface area contributed by atoms with Crippen LogP contribution in [-0.4, -0.2) is 41.4 Å². The summed E-state index contributed by atoms with van der Waals surface area (Å²) in [5, 5.41) is 1.04. The summed E-state index contributed by atoms with van der Waals surface area (Å²) in [5.74, 6) is 0. The van der Waals surface area contributed by atoms with Crippen LogP contribution in [0, 0.1) is 0 Å². The van der Waals surface area contributed by atoms with E-state index in [1.165, 1.54) is 0 Å². The molecule has 0 bridgehead atoms. The molecule has 3 nitrogen and oxygen atoms in total. The second-order valence-electron chi connectivity index (χ2n) is 3.67. The lowest BCUT2D eigenvalue weighted by Crippen LogP contribution is -2.28. The lowest BCUT2D eigenvalue weighted by molar-refractivity contribution is 0.477. The maximum absolute atomic E-state index is 10.7. The van der Waals surface area contributed by atoms with Crippen molar-refractivity contribution in [3.8, 4) is 0 Å². The normalized spacial score (nSPS) is 22.8. The third-order valence-corrected chi connectivity index (χ3v) is 6.10. The quantitative estimate of drug-likeness (QED) is 0.700. The minimum Gasteiger partial charge on any atom is -0.207 e. The Morgan fingerprint density at radius 2 is 1.57 bits per heavy atom. The molecule has 0 aliphatic carbocycles. The average Bonchev–Trinajstić information content (AvgIpc) is 2.49. The van der Waals surface area contributed by atoms with E-state index in [2.05, 4.69) is 9.34 Å². The van der Waals surface area contributed by atoms with Crippen molar-refractivity contribution < 1.29 is 4.89 Å². The monoisotopic (exact) mass is 211 g/mol. The first-order valence-corrected chi connectivity index (χ1v) is 6.41. The van der Waals surface area contributed by atoms with Crippen LogP contribution in [-0.2, 0) is 0 Å². The van der Waals surface area contributed by atoms with Gasteiger partial charge in [0.15, 0.2) is 5.30 Å². The highest BCUT2D eigenvalue weighted by Crippen LogP contribution is 2.61. The van der Waals surface area contributed by atoms with Crippen molar-refractivity contribution in [3.05, 3.63) is 30.3 Å². The molecule has 1 aliphatic rings. The first-order valence-electron chi connectivity index (χ1n) is 4.76. The van der Waals surface area contributed by atoms with E-state index in [0.717, 1.165) is 18.4 Å². The summed E-state index contributed by atoms with van der Waals surface area (Å²) in [5.41, 5.74) is 0. The van der Waals surface area contributed by atoms with Crippen LogP contribution < -0.4 is 5.30 Å². The molecule has 0 atom stereocenters. The molecule has 1 heterocycles. The molecule has 1 N–H and O–H groups in total. The van der Waals surface area contributed by atoms with Crippen LogP contribution in [0.5, 0.6) is 0 Å². The zero-order chi connectivity index (χ0) is 10.2. The Kier molecular flexibility index (Phi) is 2.58. The van der Waals surface area contributed by atoms with E-state index in [4.69, 9.17) is 0 Å². The van der Waals surface area contributed by atoms with Crippen LogP contribution in [0.3, 0.4) is 0 Å². The van der Waals surface area contributed by atoms with Gasteiger partial charge in [-0.2, -0.15) is 0 Å². The smallest absolute Gasteiger partial charge is 0.207 e. The van der Waals surface area contributed by atoms with Crippen LogP contribution in [0.4, 0.5) is 0 Å². The second-order valence-corrected chi connectivity index (χ2v) is 6.69. The van der Waals surface area contributed by atoms with Gasteiger partial charge in [-0.15, -0.1) is 9.34 Å². The Labute approximate surface area is 85.5 Å². The molecule has 14 heavy (non-hydrogen) atoms. The predicted molar refractivity (Wildman–Crippen MR) is 60.5 cm³/mol. The van der Waals surface area contributed by atoms with Crippen molar-refractivity contribution >= 4 is 13.1 Å². The second kappa shape index (κ2) is 3.59. The van der Waals surface area contributed by atoms with Gasteiger partial charge in [0.2, 0.25) is 0 Å². The fourth-order valence-electron chi connectivity index (χ4n) is 1.85. The predicted octanol–water partition coefficient (Wildman–Crippen LogP) is 0.944. The molecule has 1 aliphatic heterocycles. The van der Waals surface area contributed by atoms with E-state index in [0.29, 0.717) is 0 Å². The third kappa shape index (κ3) is 1.37. The van der Waals surface area contributed by atoms with E-state index >= 15 is 0 Å². The lowest BCUT2D eigenvalue weighted by Gasteiger charge is -2.24. The number of likely N-dealkylation sites (N-methyl/N-ethyl adjacent to an activating group) is 2. The van der Waals surface area contributed by atoms with Gasteiger partial charge < -0.3 is 0 Å². The minimum atomic E-state index is -2.19. The largest absolute Gasteiger partial charge is 0.319 e. The zero-order valence-electron chi connectivity index (χ0n) is 8.59. The van der Waals surface area contributed by atoms with Gasteiger partial charge in [0.25, 0.3) is 0 Å². The van der Waals surface area contributed by atoms with Crippen LogP contribution in [0.25, 0.3) is 0 Å². The number of nitrogens with zero attached hydrogens (tertiary/aromatic N) is 2. The fourth-order valence-corrected chi connectivity index (χ4v) is 4.47. The van der Waals surface area contributed by atoms with Crippen molar-refractivity contribution in [2.24, 2.45) is 0 Å². The van der Waals surface area contributed by atoms with Crippen molar-refractivity contribution in [2.45, 2.75) is 0 Å². The Morgan fingerprint density at radius 1 is 1.07 bits per heavy atom. The Morgan fingerprint density at radius 3 is 2.07 bits per heavy atom. The highest BCUT2D eigenvalue weighted by Gasteiger charge is 2.53. The van der Waals surface area contributed by atoms with E-state index in [9.17, 15) is 4.89 Å². The Balaban J connectivity index is 2.40. The van der Waals surface area contributed by atoms with E-state index in [1.54, 1.807) is 0 Å². The zero-order valence-corrected chi connectivity index (χ0v) is 9.48. The lowest BCUT2D eigenvalue weighted by atomic mass is 10.4. The van der Waals surface area contributed by atoms with Crippen LogP contribution in [0.15, 0.2) is 30.3 Å². The summed E-state index contributed by atoms with van der Waals surface area (Å²) in [6, 6.07) is 9.95. The molecule has 1 fully saturated rings. The van der Waals surface area contributed by atoms with E-state index < -0.39 is 7.79 Å². The molecule has 0 aromatic heterocycles. The van der Waals surface area contributed by atoms with Crippen molar-refractivity contribution in [3.63, 3.8) is 0 Å². The van der Waals surface area contributed by atoms with Crippen molar-refractivity contribution in [2.75, 3.05) is 27.2 Å². The maximum Gasteiger partial charge on any atom is 0.319 e. The maximum atomic E-state index is 10.7. The Hall–Kier alpha value is -0.470. The number of rotatable bonds is 1. The van der Waals surface area contributed by atoms with Crippen LogP contribution >= 0.6 is 7.79 Å². The summed E-state index contributed by atoms with van der Waals surface area (Å²) >= 11 is 0. The molecule has 1 saturated heterocycles. The number of benzene rings is 1. The molecule has 0 saturated carbocycles. The molecular weight excluding hydrogens is 195 g/mol. The van der Waals surface area contributed by atoms with Gasteiger partial charge in [-0.1, -0.05) is 18.2 Å². The fraction of sp³-hybridized carbons (Fsp3) is 0.400. The van der Waals surface area contributed by atoms with E-state index in [1.807, 2.05) is 44.4 Å². The molecule has 0 unspecified atom stereocenters. The van der Waals surface area contributed by atoms with Gasteiger partial charge in [0, 0.05) is 14.1 Å². The van der Waals surface area contributed by atoms with Crippen molar-refractivity contribution in [1.82, 2.24) is 9.34 Å². The standard InChI is InChI=1S/C10H16N2OP/c1-11-8-9-12(2)14(11,13)10-6-4-3-5-7-10/h3-7,13H,8-9H2,1-2H3/q+1. The Bertz CT molecular complexity index is 307. The summed E-state index contributed by atoms with van der Waals surface area (Å²) in [4.78, 5) is 10.7. The molecule has 0 amide bonds. The highest BCUT2D eigenvalue weighted by atomic mass is 31.2. The van der Waals surface area contributed by atoms with Gasteiger partial charge in [-0.25, -0.2) is 4.89 Å². The van der Waals surface area contributed by atoms with Gasteiger partial charge in [0.1, 0.15) is 0 Å². The number of hydrogen-bond acceptors (Lipinski definition) is 3. The summed E-state index contributed by atoms with van der Waals surface area (Å²) in [6.07, 6.45) is 0. The van der Waals surface area contributed by atoms with Crippen molar-refractivity contribution in [1.29, 1.82) is 0 Å². The van der Waals surface area contributed by atoms with Gasteiger partial charge in [-0.05, 0) is 12.1 Å². The SMILES string of the molecule is CN1CCN(C)[P+]1(O)c1ccccc1. The first kappa shape index (κ1) is 10.1. The van der Waals surface area contributed by atoms with Crippen LogP contribution in [0.2, 0.25) is 0 Å². The molecule has 4 heteroatoms. The average molecular weight is 211 g/mol. The summed E-state index contributed by atoms with van der Waals surface area (Å²) < 4.78 is 4.14. The molecule has 1 aromatic carbocycles. The summed E-state index contributed by atoms with van der Waals surface area (Å²) in [7, 11) is 1.79. The minimum absolute atomic E-state index is 0.940. The van der Waals surface area contributed by atoms with Gasteiger partial charge in [0.05, 0.1) is 13.1 Å². The molecule has 76 valence electrons. The molecule has 0 radical (unpaired) electrons. The van der Waals surface area contributed by atoms with Crippen LogP contribution in [0.1, 0.15) is 0 Å². The highest BCUT2D eigenvalue weighted by molar-refractivity contribution is 7.73. The molecule has 2 rings (SSSR count). The van der Waals surface area contributed by atoms with Gasteiger partial charge in [-0.3, -0.25) is 0 Å². The third-order valence-electron chi connectivity index (χ3n) is 2.80. The topological polar surface area (TPSA) is 26.7 Å². The van der Waals surface area contributed by atoms with E-state index in [-0.39, 0.29) is 0 Å². The molecular formula is C10H16N2OP+. The summed E-state index contributed by atoms with van der Waals surface area (Å²) in [6.45, 7) is 1.88. The van der Waals surface area contributed by atoms with Gasteiger partial charge >= 0.3 is 7.79 Å². The number of hydrogen-bond donors (Lipinski definition) is 1. The molecule has 1 aromatic rings. The molecule has 0 spiro atoms.